The zero-order chi connectivity index (χ0) is 19.9. The Kier molecular flexibility index (Phi) is 4.63. The minimum Gasteiger partial charge on any atom is -0.410 e. The summed E-state index contributed by atoms with van der Waals surface area (Å²) in [5.74, 6) is -0.104. The standard InChI is InChI=1S/C20H22F2N2O4/c1-19(22)7-6-16-14(8-19)20(10-27-11-20)24(18(25)28-16)9-13-4-3-5-15(17(13)21)23-12-26-2/h3-6,8,23H,7,9-12H2,1-2H3. The fraction of sp³-hybridized carbons (Fsp3) is 0.450. The Balaban J connectivity index is 1.67. The first-order valence-corrected chi connectivity index (χ1v) is 9.06. The van der Waals surface area contributed by atoms with Gasteiger partial charge in [0.1, 0.15) is 23.7 Å². The molecule has 0 radical (unpaired) electrons. The Morgan fingerprint density at radius 1 is 1.36 bits per heavy atom. The molecule has 28 heavy (non-hydrogen) atoms. The number of nitrogens with zero attached hydrogens (tertiary/aromatic N) is 1. The van der Waals surface area contributed by atoms with Crippen LogP contribution in [0.5, 0.6) is 0 Å². The first-order chi connectivity index (χ1) is 13.4. The average Bonchev–Trinajstić information content (AvgIpc) is 2.61. The van der Waals surface area contributed by atoms with E-state index < -0.39 is 23.1 Å². The molecule has 4 rings (SSSR count). The SMILES string of the molecule is COCNc1cccc(CN2C(=O)OC3=CCC(C)(F)C=C3C23COC3)c1F. The third-order valence-electron chi connectivity index (χ3n) is 5.33. The molecular formula is C20H22F2N2O4. The van der Waals surface area contributed by atoms with Gasteiger partial charge in [-0.2, -0.15) is 0 Å². The predicted molar refractivity (Wildman–Crippen MR) is 97.8 cm³/mol. The Morgan fingerprint density at radius 2 is 2.14 bits per heavy atom. The Morgan fingerprint density at radius 3 is 2.82 bits per heavy atom. The van der Waals surface area contributed by atoms with E-state index in [0.29, 0.717) is 16.9 Å². The predicted octanol–water partition coefficient (Wildman–Crippen LogP) is 3.50. The largest absolute Gasteiger partial charge is 0.416 e. The molecule has 1 N–H and O–H groups in total. The number of benzene rings is 1. The van der Waals surface area contributed by atoms with Crippen LogP contribution in [-0.2, 0) is 20.8 Å². The van der Waals surface area contributed by atoms with E-state index in [-0.39, 0.29) is 38.6 Å². The first-order valence-electron chi connectivity index (χ1n) is 9.06. The van der Waals surface area contributed by atoms with Gasteiger partial charge in [-0.25, -0.2) is 13.6 Å². The van der Waals surface area contributed by atoms with Crippen molar-refractivity contribution in [3.05, 3.63) is 53.1 Å². The van der Waals surface area contributed by atoms with Crippen LogP contribution in [0, 0.1) is 5.82 Å². The summed E-state index contributed by atoms with van der Waals surface area (Å²) in [6, 6.07) is 4.89. The van der Waals surface area contributed by atoms with Gasteiger partial charge in [0.15, 0.2) is 5.82 Å². The molecule has 1 aliphatic carbocycles. The van der Waals surface area contributed by atoms with E-state index in [4.69, 9.17) is 14.2 Å². The van der Waals surface area contributed by atoms with Crippen LogP contribution < -0.4 is 5.32 Å². The van der Waals surface area contributed by atoms with Crippen LogP contribution in [0.3, 0.4) is 0 Å². The number of hydrogen-bond donors (Lipinski definition) is 1. The van der Waals surface area contributed by atoms with E-state index in [9.17, 15) is 13.6 Å². The minimum absolute atomic E-state index is 0.0237. The van der Waals surface area contributed by atoms with Crippen LogP contribution in [0.4, 0.5) is 19.3 Å². The monoisotopic (exact) mass is 392 g/mol. The van der Waals surface area contributed by atoms with Crippen LogP contribution in [0.15, 0.2) is 41.7 Å². The highest BCUT2D eigenvalue weighted by atomic mass is 19.1. The molecule has 2 aliphatic heterocycles. The second-order valence-corrected chi connectivity index (χ2v) is 7.48. The van der Waals surface area contributed by atoms with Gasteiger partial charge in [-0.1, -0.05) is 12.1 Å². The van der Waals surface area contributed by atoms with Crippen LogP contribution in [-0.4, -0.2) is 49.3 Å². The van der Waals surface area contributed by atoms with Crippen molar-refractivity contribution in [1.29, 1.82) is 0 Å². The second kappa shape index (κ2) is 6.86. The maximum atomic E-state index is 14.9. The molecule has 1 aromatic rings. The van der Waals surface area contributed by atoms with Crippen molar-refractivity contribution in [3.8, 4) is 0 Å². The van der Waals surface area contributed by atoms with E-state index in [0.717, 1.165) is 0 Å². The Bertz CT molecular complexity index is 862. The normalized spacial score (nSPS) is 25.4. The second-order valence-electron chi connectivity index (χ2n) is 7.48. The van der Waals surface area contributed by atoms with Crippen LogP contribution in [0.25, 0.3) is 0 Å². The molecule has 3 aliphatic rings. The number of fused-ring (bicyclic) bond motifs is 2. The number of halogens is 2. The average molecular weight is 392 g/mol. The van der Waals surface area contributed by atoms with Crippen molar-refractivity contribution in [3.63, 3.8) is 0 Å². The molecule has 0 saturated carbocycles. The van der Waals surface area contributed by atoms with Crippen LogP contribution >= 0.6 is 0 Å². The lowest BCUT2D eigenvalue weighted by Crippen LogP contribution is -2.67. The minimum atomic E-state index is -1.54. The summed E-state index contributed by atoms with van der Waals surface area (Å²) in [7, 11) is 1.50. The lowest BCUT2D eigenvalue weighted by atomic mass is 9.78. The number of anilines is 1. The van der Waals surface area contributed by atoms with Gasteiger partial charge in [0.25, 0.3) is 0 Å². The molecule has 1 amide bonds. The van der Waals surface area contributed by atoms with Gasteiger partial charge in [-0.05, 0) is 25.1 Å². The van der Waals surface area contributed by atoms with Crippen molar-refractivity contribution in [2.45, 2.75) is 31.1 Å². The molecular weight excluding hydrogens is 370 g/mol. The highest BCUT2D eigenvalue weighted by molar-refractivity contribution is 5.76. The third-order valence-corrected chi connectivity index (χ3v) is 5.33. The maximum absolute atomic E-state index is 14.9. The van der Waals surface area contributed by atoms with Crippen molar-refractivity contribution in [1.82, 2.24) is 4.90 Å². The highest BCUT2D eigenvalue weighted by Gasteiger charge is 2.56. The topological polar surface area (TPSA) is 60.0 Å². The molecule has 1 aromatic carbocycles. The zero-order valence-corrected chi connectivity index (χ0v) is 15.8. The number of rotatable bonds is 5. The van der Waals surface area contributed by atoms with Crippen LogP contribution in [0.1, 0.15) is 18.9 Å². The number of hydrogen-bond acceptors (Lipinski definition) is 5. The van der Waals surface area contributed by atoms with Crippen LogP contribution in [0.2, 0.25) is 0 Å². The first kappa shape index (κ1) is 18.9. The van der Waals surface area contributed by atoms with Gasteiger partial charge in [0.05, 0.1) is 25.4 Å². The summed E-state index contributed by atoms with van der Waals surface area (Å²) in [6.07, 6.45) is 2.64. The van der Waals surface area contributed by atoms with Crippen molar-refractivity contribution >= 4 is 11.8 Å². The summed E-state index contributed by atoms with van der Waals surface area (Å²) in [4.78, 5) is 14.1. The van der Waals surface area contributed by atoms with Gasteiger partial charge in [0, 0.05) is 24.7 Å². The zero-order valence-electron chi connectivity index (χ0n) is 15.8. The van der Waals surface area contributed by atoms with E-state index in [1.165, 1.54) is 25.0 Å². The fourth-order valence-electron chi connectivity index (χ4n) is 3.74. The molecule has 1 spiro atoms. The molecule has 150 valence electrons. The Hall–Kier alpha value is -2.45. The number of alkyl halides is 1. The lowest BCUT2D eigenvalue weighted by molar-refractivity contribution is -0.123. The quantitative estimate of drug-likeness (QED) is 0.778. The number of methoxy groups -OCH3 is 1. The summed E-state index contributed by atoms with van der Waals surface area (Å²) in [5, 5.41) is 2.83. The molecule has 6 nitrogen and oxygen atoms in total. The fourth-order valence-corrected chi connectivity index (χ4v) is 3.74. The maximum Gasteiger partial charge on any atom is 0.416 e. The Labute approximate surface area is 161 Å². The van der Waals surface area contributed by atoms with E-state index in [1.807, 2.05) is 0 Å². The van der Waals surface area contributed by atoms with Gasteiger partial charge in [-0.15, -0.1) is 0 Å². The van der Waals surface area contributed by atoms with Crippen molar-refractivity contribution in [2.24, 2.45) is 0 Å². The highest BCUT2D eigenvalue weighted by Crippen LogP contribution is 2.46. The van der Waals surface area contributed by atoms with E-state index >= 15 is 0 Å². The van der Waals surface area contributed by atoms with Gasteiger partial charge in [0.2, 0.25) is 0 Å². The number of allylic oxidation sites excluding steroid dienone is 2. The smallest absolute Gasteiger partial charge is 0.410 e. The molecule has 1 atom stereocenters. The third kappa shape index (κ3) is 3.06. The molecule has 1 unspecified atom stereocenters. The number of carbonyl (C=O) groups excluding carboxylic acids is 1. The van der Waals surface area contributed by atoms with E-state index in [2.05, 4.69) is 5.32 Å². The molecule has 2 heterocycles. The molecule has 0 aromatic heterocycles. The summed E-state index contributed by atoms with van der Waals surface area (Å²) >= 11 is 0. The number of carbonyl (C=O) groups is 1. The number of nitrogens with one attached hydrogen (secondary N) is 1. The molecule has 0 bridgehead atoms. The molecule has 2 saturated heterocycles. The lowest BCUT2D eigenvalue weighted by Gasteiger charge is -2.54. The van der Waals surface area contributed by atoms with E-state index in [1.54, 1.807) is 24.3 Å². The van der Waals surface area contributed by atoms with Crippen molar-refractivity contribution < 1.29 is 27.8 Å². The summed E-state index contributed by atoms with van der Waals surface area (Å²) in [5.41, 5.74) is -1.21. The molecule has 2 fully saturated rings. The number of amides is 1. The van der Waals surface area contributed by atoms with Gasteiger partial charge < -0.3 is 19.5 Å². The van der Waals surface area contributed by atoms with Gasteiger partial charge in [-0.3, -0.25) is 4.90 Å². The van der Waals surface area contributed by atoms with Gasteiger partial charge >= 0.3 is 6.09 Å². The summed E-state index contributed by atoms with van der Waals surface area (Å²) < 4.78 is 45.3. The summed E-state index contributed by atoms with van der Waals surface area (Å²) in [6.45, 7) is 2.03. The molecule has 8 heteroatoms. The number of ether oxygens (including phenoxy) is 3. The van der Waals surface area contributed by atoms with Crippen molar-refractivity contribution in [2.75, 3.05) is 32.4 Å².